The first kappa shape index (κ1) is 13.4. The van der Waals surface area contributed by atoms with Crippen molar-refractivity contribution in [2.45, 2.75) is 31.7 Å². The lowest BCUT2D eigenvalue weighted by atomic mass is 9.87. The topological polar surface area (TPSA) is 38.3 Å². The van der Waals surface area contributed by atoms with Crippen molar-refractivity contribution >= 4 is 5.91 Å². The van der Waals surface area contributed by atoms with Crippen LogP contribution in [0.3, 0.4) is 0 Å². The third-order valence-corrected chi connectivity index (χ3v) is 4.63. The predicted molar refractivity (Wildman–Crippen MR) is 85.2 cm³/mol. The maximum atomic E-state index is 12.6. The van der Waals surface area contributed by atoms with Crippen molar-refractivity contribution in [3.05, 3.63) is 64.7 Å². The molecule has 3 nitrogen and oxygen atoms in total. The maximum Gasteiger partial charge on any atom is 0.251 e. The van der Waals surface area contributed by atoms with E-state index in [2.05, 4.69) is 29.6 Å². The quantitative estimate of drug-likeness (QED) is 0.921. The minimum atomic E-state index is 0.0106. The van der Waals surface area contributed by atoms with Crippen molar-refractivity contribution in [1.82, 2.24) is 5.32 Å². The molecule has 0 saturated carbocycles. The van der Waals surface area contributed by atoms with E-state index in [1.807, 2.05) is 18.2 Å². The monoisotopic (exact) mass is 293 g/mol. The average molecular weight is 293 g/mol. The van der Waals surface area contributed by atoms with Gasteiger partial charge in [-0.1, -0.05) is 24.3 Å². The van der Waals surface area contributed by atoms with E-state index in [0.717, 1.165) is 49.2 Å². The molecule has 2 aliphatic rings. The highest BCUT2D eigenvalue weighted by Gasteiger charge is 2.22. The van der Waals surface area contributed by atoms with E-state index in [0.29, 0.717) is 0 Å². The lowest BCUT2D eigenvalue weighted by molar-refractivity contribution is 0.0932. The molecule has 1 aliphatic heterocycles. The van der Waals surface area contributed by atoms with E-state index in [4.69, 9.17) is 4.74 Å². The lowest BCUT2D eigenvalue weighted by Crippen LogP contribution is -2.31. The Bertz CT molecular complexity index is 723. The Labute approximate surface area is 130 Å². The molecule has 1 atom stereocenters. The number of hydrogen-bond acceptors (Lipinski definition) is 2. The largest absolute Gasteiger partial charge is 0.493 e. The highest BCUT2D eigenvalue weighted by Crippen LogP contribution is 2.30. The van der Waals surface area contributed by atoms with E-state index >= 15 is 0 Å². The van der Waals surface area contributed by atoms with Crippen LogP contribution in [0.2, 0.25) is 0 Å². The van der Waals surface area contributed by atoms with Crippen LogP contribution in [0.25, 0.3) is 0 Å². The Morgan fingerprint density at radius 2 is 2.00 bits per heavy atom. The molecular formula is C19H19NO2. The zero-order valence-electron chi connectivity index (χ0n) is 12.5. The van der Waals surface area contributed by atoms with E-state index < -0.39 is 0 Å². The third-order valence-electron chi connectivity index (χ3n) is 4.63. The molecule has 1 aliphatic carbocycles. The lowest BCUT2D eigenvalue weighted by Gasteiger charge is -2.26. The van der Waals surface area contributed by atoms with Crippen LogP contribution in [0.15, 0.2) is 42.5 Å². The molecule has 0 spiro atoms. The fourth-order valence-corrected chi connectivity index (χ4v) is 3.47. The Morgan fingerprint density at radius 3 is 2.95 bits per heavy atom. The van der Waals surface area contributed by atoms with Gasteiger partial charge in [0.2, 0.25) is 0 Å². The summed E-state index contributed by atoms with van der Waals surface area (Å²) >= 11 is 0. The second-order valence-corrected chi connectivity index (χ2v) is 6.04. The summed E-state index contributed by atoms with van der Waals surface area (Å²) in [6, 6.07) is 14.3. The molecule has 0 radical (unpaired) electrons. The first-order valence-corrected chi connectivity index (χ1v) is 7.96. The molecule has 1 amide bonds. The molecule has 2 aromatic rings. The van der Waals surface area contributed by atoms with Crippen LogP contribution in [0.1, 0.15) is 45.9 Å². The molecule has 112 valence electrons. The van der Waals surface area contributed by atoms with Crippen molar-refractivity contribution in [2.75, 3.05) is 6.61 Å². The predicted octanol–water partition coefficient (Wildman–Crippen LogP) is 3.43. The highest BCUT2D eigenvalue weighted by atomic mass is 16.5. The summed E-state index contributed by atoms with van der Waals surface area (Å²) in [5.41, 5.74) is 4.50. The van der Waals surface area contributed by atoms with Gasteiger partial charge in [-0.2, -0.15) is 0 Å². The first-order valence-electron chi connectivity index (χ1n) is 7.96. The number of carbonyl (C=O) groups is 1. The summed E-state index contributed by atoms with van der Waals surface area (Å²) in [6.45, 7) is 0.719. The molecule has 0 saturated heterocycles. The Balaban J connectivity index is 1.55. The molecule has 2 aromatic carbocycles. The Hall–Kier alpha value is -2.29. The van der Waals surface area contributed by atoms with Gasteiger partial charge in [0.1, 0.15) is 5.75 Å². The molecule has 0 aromatic heterocycles. The summed E-state index contributed by atoms with van der Waals surface area (Å²) < 4.78 is 5.50. The van der Waals surface area contributed by atoms with E-state index in [9.17, 15) is 4.79 Å². The van der Waals surface area contributed by atoms with Gasteiger partial charge in [-0.25, -0.2) is 0 Å². The molecule has 1 N–H and O–H groups in total. The van der Waals surface area contributed by atoms with Gasteiger partial charge in [-0.15, -0.1) is 0 Å². The summed E-state index contributed by atoms with van der Waals surface area (Å²) in [7, 11) is 0. The van der Waals surface area contributed by atoms with Crippen molar-refractivity contribution < 1.29 is 9.53 Å². The zero-order chi connectivity index (χ0) is 14.9. The van der Waals surface area contributed by atoms with Gasteiger partial charge in [-0.05, 0) is 54.2 Å². The van der Waals surface area contributed by atoms with E-state index in [-0.39, 0.29) is 11.9 Å². The van der Waals surface area contributed by atoms with Gasteiger partial charge in [0.25, 0.3) is 5.91 Å². The molecule has 3 heteroatoms. The zero-order valence-corrected chi connectivity index (χ0v) is 12.5. The van der Waals surface area contributed by atoms with Crippen LogP contribution in [0.4, 0.5) is 0 Å². The first-order chi connectivity index (χ1) is 10.8. The van der Waals surface area contributed by atoms with Crippen LogP contribution in [0, 0.1) is 0 Å². The van der Waals surface area contributed by atoms with Crippen LogP contribution >= 0.6 is 0 Å². The van der Waals surface area contributed by atoms with Crippen molar-refractivity contribution in [3.8, 4) is 5.75 Å². The van der Waals surface area contributed by atoms with Gasteiger partial charge in [0, 0.05) is 12.0 Å². The van der Waals surface area contributed by atoms with E-state index in [1.165, 1.54) is 11.1 Å². The number of nitrogens with one attached hydrogen (secondary N) is 1. The Kier molecular flexibility index (Phi) is 3.34. The SMILES string of the molecule is O=C(NC1CCCc2ccccc21)c1ccc2c(c1)CCO2. The van der Waals surface area contributed by atoms with Crippen LogP contribution in [-0.2, 0) is 12.8 Å². The molecule has 0 bridgehead atoms. The normalized spacial score (nSPS) is 19.0. The standard InChI is InChI=1S/C19H19NO2/c21-19(15-8-9-18-14(12-15)10-11-22-18)20-17-7-3-5-13-4-1-2-6-16(13)17/h1-2,4,6,8-9,12,17H,3,5,7,10-11H2,(H,20,21). The average Bonchev–Trinajstić information content (AvgIpc) is 3.02. The number of ether oxygens (including phenoxy) is 1. The molecule has 1 unspecified atom stereocenters. The minimum absolute atomic E-state index is 0.0106. The van der Waals surface area contributed by atoms with Gasteiger partial charge >= 0.3 is 0 Å². The number of aryl methyl sites for hydroxylation is 1. The number of carbonyl (C=O) groups excluding carboxylic acids is 1. The molecule has 1 heterocycles. The summed E-state index contributed by atoms with van der Waals surface area (Å²) in [5, 5.41) is 3.20. The van der Waals surface area contributed by atoms with Crippen molar-refractivity contribution in [2.24, 2.45) is 0 Å². The number of hydrogen-bond donors (Lipinski definition) is 1. The minimum Gasteiger partial charge on any atom is -0.493 e. The molecule has 22 heavy (non-hydrogen) atoms. The van der Waals surface area contributed by atoms with Crippen LogP contribution < -0.4 is 10.1 Å². The molecular weight excluding hydrogens is 274 g/mol. The fraction of sp³-hybridized carbons (Fsp3) is 0.316. The maximum absolute atomic E-state index is 12.6. The Morgan fingerprint density at radius 1 is 1.09 bits per heavy atom. The number of benzene rings is 2. The number of fused-ring (bicyclic) bond motifs is 2. The highest BCUT2D eigenvalue weighted by molar-refractivity contribution is 5.95. The van der Waals surface area contributed by atoms with Crippen molar-refractivity contribution in [3.63, 3.8) is 0 Å². The summed E-state index contributed by atoms with van der Waals surface area (Å²) in [6.07, 6.45) is 4.14. The fourth-order valence-electron chi connectivity index (χ4n) is 3.47. The summed E-state index contributed by atoms with van der Waals surface area (Å²) in [4.78, 5) is 12.6. The summed E-state index contributed by atoms with van der Waals surface area (Å²) in [5.74, 6) is 0.927. The van der Waals surface area contributed by atoms with E-state index in [1.54, 1.807) is 0 Å². The van der Waals surface area contributed by atoms with Gasteiger partial charge in [-0.3, -0.25) is 4.79 Å². The number of amides is 1. The van der Waals surface area contributed by atoms with Gasteiger partial charge in [0.05, 0.1) is 12.6 Å². The van der Waals surface area contributed by atoms with Crippen LogP contribution in [0.5, 0.6) is 5.75 Å². The van der Waals surface area contributed by atoms with Crippen LogP contribution in [-0.4, -0.2) is 12.5 Å². The second-order valence-electron chi connectivity index (χ2n) is 6.04. The van der Waals surface area contributed by atoms with Gasteiger partial charge in [0.15, 0.2) is 0 Å². The third kappa shape index (κ3) is 2.37. The molecule has 4 rings (SSSR count). The van der Waals surface area contributed by atoms with Crippen molar-refractivity contribution in [1.29, 1.82) is 0 Å². The second kappa shape index (κ2) is 5.48. The van der Waals surface area contributed by atoms with Gasteiger partial charge < -0.3 is 10.1 Å². The number of rotatable bonds is 2. The smallest absolute Gasteiger partial charge is 0.251 e. The molecule has 0 fully saturated rings.